The Bertz CT molecular complexity index is 1260. The zero-order valence-electron chi connectivity index (χ0n) is 20.4. The van der Waals surface area contributed by atoms with Crippen LogP contribution in [0.1, 0.15) is 19.4 Å². The summed E-state index contributed by atoms with van der Waals surface area (Å²) >= 11 is 0. The molecule has 3 aromatic carbocycles. The van der Waals surface area contributed by atoms with Crippen LogP contribution in [0.25, 0.3) is 0 Å². The summed E-state index contributed by atoms with van der Waals surface area (Å²) in [5.74, 6) is 0.848. The molecule has 0 bridgehead atoms. The van der Waals surface area contributed by atoms with Gasteiger partial charge in [-0.3, -0.25) is 9.10 Å². The smallest absolute Gasteiger partial charge is 0.264 e. The van der Waals surface area contributed by atoms with Crippen molar-refractivity contribution in [2.75, 3.05) is 30.4 Å². The van der Waals surface area contributed by atoms with Gasteiger partial charge in [-0.2, -0.15) is 0 Å². The Morgan fingerprint density at radius 2 is 1.54 bits per heavy atom. The van der Waals surface area contributed by atoms with Crippen LogP contribution >= 0.6 is 0 Å². The highest BCUT2D eigenvalue weighted by Crippen LogP contribution is 2.35. The number of benzene rings is 3. The lowest BCUT2D eigenvalue weighted by Gasteiger charge is -2.26. The standard InChI is InChI=1S/C26H30N2O6S/c1-18(2)34-21-10-8-20(9-11-21)27-26(29)17-28(24-16-22(32-4)12-15-25(24)33-5)35(30,31)23-13-6-19(3)7-14-23/h6-16,18H,17H2,1-5H3,(H,27,29). The topological polar surface area (TPSA) is 94.2 Å². The summed E-state index contributed by atoms with van der Waals surface area (Å²) < 4.78 is 44.7. The Balaban J connectivity index is 1.96. The van der Waals surface area contributed by atoms with Gasteiger partial charge in [0.15, 0.2) is 0 Å². The number of nitrogens with one attached hydrogen (secondary N) is 1. The van der Waals surface area contributed by atoms with Gasteiger partial charge in [0.2, 0.25) is 5.91 Å². The highest BCUT2D eigenvalue weighted by Gasteiger charge is 2.30. The van der Waals surface area contributed by atoms with Gasteiger partial charge in [-0.25, -0.2) is 8.42 Å². The fourth-order valence-corrected chi connectivity index (χ4v) is 4.77. The van der Waals surface area contributed by atoms with E-state index in [-0.39, 0.29) is 22.4 Å². The average molecular weight is 499 g/mol. The third-order valence-electron chi connectivity index (χ3n) is 5.06. The fourth-order valence-electron chi connectivity index (χ4n) is 3.35. The molecule has 0 aromatic heterocycles. The normalized spacial score (nSPS) is 11.1. The van der Waals surface area contributed by atoms with Gasteiger partial charge in [-0.1, -0.05) is 17.7 Å². The Kier molecular flexibility index (Phi) is 8.24. The van der Waals surface area contributed by atoms with Crippen molar-refractivity contribution < 1.29 is 27.4 Å². The molecular weight excluding hydrogens is 468 g/mol. The molecule has 1 amide bonds. The molecule has 3 aromatic rings. The van der Waals surface area contributed by atoms with Crippen molar-refractivity contribution in [3.05, 3.63) is 72.3 Å². The average Bonchev–Trinajstić information content (AvgIpc) is 2.83. The first kappa shape index (κ1) is 25.9. The van der Waals surface area contributed by atoms with Crippen molar-refractivity contribution in [1.29, 1.82) is 0 Å². The molecular formula is C26H30N2O6S. The van der Waals surface area contributed by atoms with Gasteiger partial charge < -0.3 is 19.5 Å². The molecule has 9 heteroatoms. The summed E-state index contributed by atoms with van der Waals surface area (Å²) in [4.78, 5) is 13.1. The van der Waals surface area contributed by atoms with Crippen LogP contribution < -0.4 is 23.8 Å². The molecule has 0 aliphatic heterocycles. The number of carbonyl (C=O) groups is 1. The number of hydrogen-bond donors (Lipinski definition) is 1. The highest BCUT2D eigenvalue weighted by atomic mass is 32.2. The second-order valence-corrected chi connectivity index (χ2v) is 9.96. The van der Waals surface area contributed by atoms with Gasteiger partial charge in [0.05, 0.1) is 30.9 Å². The third kappa shape index (κ3) is 6.45. The van der Waals surface area contributed by atoms with Gasteiger partial charge in [0.25, 0.3) is 10.0 Å². The van der Waals surface area contributed by atoms with Crippen LogP contribution in [0.2, 0.25) is 0 Å². The summed E-state index contributed by atoms with van der Waals surface area (Å²) in [6.07, 6.45) is 0.0221. The summed E-state index contributed by atoms with van der Waals surface area (Å²) in [5, 5.41) is 2.75. The Labute approximate surface area is 206 Å². The van der Waals surface area contributed by atoms with Crippen molar-refractivity contribution in [2.24, 2.45) is 0 Å². The molecule has 8 nitrogen and oxygen atoms in total. The molecule has 0 saturated heterocycles. The van der Waals surface area contributed by atoms with E-state index >= 15 is 0 Å². The van der Waals surface area contributed by atoms with E-state index in [0.717, 1.165) is 9.87 Å². The molecule has 0 spiro atoms. The van der Waals surface area contributed by atoms with Crippen molar-refractivity contribution >= 4 is 27.3 Å². The quantitative estimate of drug-likeness (QED) is 0.438. The Morgan fingerprint density at radius 1 is 0.914 bits per heavy atom. The second-order valence-electron chi connectivity index (χ2n) is 8.10. The summed E-state index contributed by atoms with van der Waals surface area (Å²) in [7, 11) is -1.21. The van der Waals surface area contributed by atoms with E-state index in [1.54, 1.807) is 48.5 Å². The predicted octanol–water partition coefficient (Wildman–Crippen LogP) is 4.63. The van der Waals surface area contributed by atoms with Crippen LogP contribution in [0.4, 0.5) is 11.4 Å². The van der Waals surface area contributed by atoms with E-state index in [4.69, 9.17) is 14.2 Å². The zero-order valence-corrected chi connectivity index (χ0v) is 21.3. The molecule has 0 heterocycles. The van der Waals surface area contributed by atoms with Crippen LogP contribution in [0.3, 0.4) is 0 Å². The number of hydrogen-bond acceptors (Lipinski definition) is 6. The van der Waals surface area contributed by atoms with Crippen molar-refractivity contribution in [2.45, 2.75) is 31.8 Å². The lowest BCUT2D eigenvalue weighted by atomic mass is 10.2. The van der Waals surface area contributed by atoms with Crippen LogP contribution in [0.5, 0.6) is 17.2 Å². The number of amides is 1. The van der Waals surface area contributed by atoms with Crippen LogP contribution in [-0.2, 0) is 14.8 Å². The van der Waals surface area contributed by atoms with E-state index in [9.17, 15) is 13.2 Å². The lowest BCUT2D eigenvalue weighted by molar-refractivity contribution is -0.114. The lowest BCUT2D eigenvalue weighted by Crippen LogP contribution is -2.38. The minimum Gasteiger partial charge on any atom is -0.497 e. The first-order valence-electron chi connectivity index (χ1n) is 11.0. The van der Waals surface area contributed by atoms with Crippen LogP contribution in [0, 0.1) is 6.92 Å². The van der Waals surface area contributed by atoms with Crippen LogP contribution in [-0.4, -0.2) is 41.2 Å². The number of aryl methyl sites for hydroxylation is 1. The minimum atomic E-state index is -4.12. The molecule has 0 saturated carbocycles. The zero-order chi connectivity index (χ0) is 25.6. The molecule has 1 N–H and O–H groups in total. The van der Waals surface area contributed by atoms with E-state index in [0.29, 0.717) is 17.2 Å². The number of ether oxygens (including phenoxy) is 3. The molecule has 0 fully saturated rings. The molecule has 0 aliphatic carbocycles. The Hall–Kier alpha value is -3.72. The number of nitrogens with zero attached hydrogens (tertiary/aromatic N) is 1. The molecule has 3 rings (SSSR count). The first-order chi connectivity index (χ1) is 16.6. The van der Waals surface area contributed by atoms with Gasteiger partial charge in [-0.05, 0) is 69.3 Å². The number of methoxy groups -OCH3 is 2. The van der Waals surface area contributed by atoms with Gasteiger partial charge >= 0.3 is 0 Å². The number of anilines is 2. The summed E-state index contributed by atoms with van der Waals surface area (Å²) in [6, 6.07) is 18.1. The monoisotopic (exact) mass is 498 g/mol. The molecule has 0 unspecified atom stereocenters. The molecule has 0 radical (unpaired) electrons. The summed E-state index contributed by atoms with van der Waals surface area (Å²) in [6.45, 7) is 5.23. The van der Waals surface area contributed by atoms with E-state index in [1.807, 2.05) is 20.8 Å². The van der Waals surface area contributed by atoms with Crippen molar-refractivity contribution in [3.63, 3.8) is 0 Å². The van der Waals surface area contributed by atoms with E-state index < -0.39 is 22.5 Å². The SMILES string of the molecule is COc1ccc(OC)c(N(CC(=O)Nc2ccc(OC(C)C)cc2)S(=O)(=O)c2ccc(C)cc2)c1. The van der Waals surface area contributed by atoms with Gasteiger partial charge in [-0.15, -0.1) is 0 Å². The Morgan fingerprint density at radius 3 is 2.11 bits per heavy atom. The highest BCUT2D eigenvalue weighted by molar-refractivity contribution is 7.92. The molecule has 0 aliphatic rings. The van der Waals surface area contributed by atoms with Crippen molar-refractivity contribution in [1.82, 2.24) is 0 Å². The van der Waals surface area contributed by atoms with E-state index in [2.05, 4.69) is 5.32 Å². The fraction of sp³-hybridized carbons (Fsp3) is 0.269. The molecule has 0 atom stereocenters. The first-order valence-corrected chi connectivity index (χ1v) is 12.5. The molecule has 35 heavy (non-hydrogen) atoms. The summed E-state index contributed by atoms with van der Waals surface area (Å²) in [5.41, 5.74) is 1.61. The largest absolute Gasteiger partial charge is 0.497 e. The van der Waals surface area contributed by atoms with E-state index in [1.165, 1.54) is 32.4 Å². The van der Waals surface area contributed by atoms with Gasteiger partial charge in [0.1, 0.15) is 23.8 Å². The number of sulfonamides is 1. The maximum atomic E-state index is 13.7. The maximum Gasteiger partial charge on any atom is 0.264 e. The molecule has 186 valence electrons. The second kappa shape index (κ2) is 11.1. The van der Waals surface area contributed by atoms with Gasteiger partial charge in [0, 0.05) is 11.8 Å². The maximum absolute atomic E-state index is 13.7. The van der Waals surface area contributed by atoms with Crippen LogP contribution in [0.15, 0.2) is 71.6 Å². The minimum absolute atomic E-state index is 0.0221. The van der Waals surface area contributed by atoms with Crippen molar-refractivity contribution in [3.8, 4) is 17.2 Å². The third-order valence-corrected chi connectivity index (χ3v) is 6.83. The predicted molar refractivity (Wildman–Crippen MR) is 136 cm³/mol. The number of carbonyl (C=O) groups excluding carboxylic acids is 1. The number of rotatable bonds is 10.